The average Bonchev–Trinajstić information content (AvgIpc) is 3.14. The van der Waals surface area contributed by atoms with Crippen molar-refractivity contribution >= 4 is 27.3 Å². The van der Waals surface area contributed by atoms with Crippen LogP contribution in [0.3, 0.4) is 0 Å². The van der Waals surface area contributed by atoms with Gasteiger partial charge in [-0.15, -0.1) is 11.3 Å². The highest BCUT2D eigenvalue weighted by Crippen LogP contribution is 2.16. The normalized spacial score (nSPS) is 11.4. The van der Waals surface area contributed by atoms with Crippen molar-refractivity contribution in [3.63, 3.8) is 0 Å². The molecule has 3 rings (SSSR count). The van der Waals surface area contributed by atoms with Crippen molar-refractivity contribution in [1.29, 1.82) is 0 Å². The van der Waals surface area contributed by atoms with E-state index in [-0.39, 0.29) is 30.3 Å². The summed E-state index contributed by atoms with van der Waals surface area (Å²) in [7, 11) is -3.61. The first-order chi connectivity index (χ1) is 14.3. The SMILES string of the molecule is Cc1ccc(C)c(S(=O)(=O)NCCNC(=O)Cc2csc(Cc3ccccc3)n2)c1. The van der Waals surface area contributed by atoms with Gasteiger partial charge in [-0.25, -0.2) is 18.1 Å². The van der Waals surface area contributed by atoms with E-state index in [1.807, 2.05) is 48.7 Å². The number of amides is 1. The molecular weight excluding hydrogens is 418 g/mol. The zero-order valence-corrected chi connectivity index (χ0v) is 18.6. The van der Waals surface area contributed by atoms with Crippen LogP contribution in [0.15, 0.2) is 58.8 Å². The summed E-state index contributed by atoms with van der Waals surface area (Å²) in [5.41, 5.74) is 3.47. The highest BCUT2D eigenvalue weighted by molar-refractivity contribution is 7.89. The Bertz CT molecular complexity index is 1110. The molecule has 0 saturated heterocycles. The van der Waals surface area contributed by atoms with E-state index in [0.717, 1.165) is 22.7 Å². The number of aryl methyl sites for hydroxylation is 2. The standard InChI is InChI=1S/C22H25N3O3S2/c1-16-8-9-17(2)20(12-16)30(27,28)24-11-10-23-21(26)14-19-15-29-22(25-19)13-18-6-4-3-5-7-18/h3-9,12,15,24H,10-11,13-14H2,1-2H3,(H,23,26). The molecule has 0 spiro atoms. The molecule has 0 aliphatic rings. The van der Waals surface area contributed by atoms with Crippen molar-refractivity contribution in [1.82, 2.24) is 15.0 Å². The summed E-state index contributed by atoms with van der Waals surface area (Å²) in [4.78, 5) is 16.9. The van der Waals surface area contributed by atoms with Gasteiger partial charge in [0.1, 0.15) is 0 Å². The van der Waals surface area contributed by atoms with Crippen LogP contribution in [0.4, 0.5) is 0 Å². The highest BCUT2D eigenvalue weighted by Gasteiger charge is 2.16. The fourth-order valence-electron chi connectivity index (χ4n) is 2.97. The molecule has 2 N–H and O–H groups in total. The molecule has 1 amide bonds. The van der Waals surface area contributed by atoms with Crippen molar-refractivity contribution in [2.45, 2.75) is 31.6 Å². The van der Waals surface area contributed by atoms with E-state index in [0.29, 0.717) is 5.56 Å². The number of rotatable bonds is 9. The van der Waals surface area contributed by atoms with Crippen LogP contribution in [0.25, 0.3) is 0 Å². The molecule has 2 aromatic carbocycles. The molecule has 0 bridgehead atoms. The van der Waals surface area contributed by atoms with Crippen molar-refractivity contribution in [3.05, 3.63) is 81.3 Å². The number of carbonyl (C=O) groups is 1. The first kappa shape index (κ1) is 22.1. The van der Waals surface area contributed by atoms with Crippen LogP contribution < -0.4 is 10.0 Å². The Balaban J connectivity index is 1.44. The largest absolute Gasteiger partial charge is 0.354 e. The van der Waals surface area contributed by atoms with E-state index in [9.17, 15) is 13.2 Å². The maximum Gasteiger partial charge on any atom is 0.240 e. The Morgan fingerprint density at radius 2 is 1.83 bits per heavy atom. The number of hydrogen-bond acceptors (Lipinski definition) is 5. The fraction of sp³-hybridized carbons (Fsp3) is 0.273. The smallest absolute Gasteiger partial charge is 0.240 e. The Morgan fingerprint density at radius 3 is 2.60 bits per heavy atom. The minimum Gasteiger partial charge on any atom is -0.354 e. The van der Waals surface area contributed by atoms with Crippen molar-refractivity contribution in [2.24, 2.45) is 0 Å². The molecule has 6 nitrogen and oxygen atoms in total. The summed E-state index contributed by atoms with van der Waals surface area (Å²) in [6.07, 6.45) is 0.919. The third-order valence-corrected chi connectivity index (χ3v) is 7.01. The van der Waals surface area contributed by atoms with E-state index in [1.165, 1.54) is 16.9 Å². The topological polar surface area (TPSA) is 88.2 Å². The third-order valence-electron chi connectivity index (χ3n) is 4.51. The number of sulfonamides is 1. The van der Waals surface area contributed by atoms with Crippen LogP contribution >= 0.6 is 11.3 Å². The second kappa shape index (κ2) is 9.97. The van der Waals surface area contributed by atoms with E-state index in [1.54, 1.807) is 19.1 Å². The number of hydrogen-bond donors (Lipinski definition) is 2. The van der Waals surface area contributed by atoms with Gasteiger partial charge in [-0.05, 0) is 36.6 Å². The lowest BCUT2D eigenvalue weighted by molar-refractivity contribution is -0.120. The number of benzene rings is 2. The minimum atomic E-state index is -3.61. The molecular formula is C22H25N3O3S2. The van der Waals surface area contributed by atoms with Crippen molar-refractivity contribution < 1.29 is 13.2 Å². The lowest BCUT2D eigenvalue weighted by Gasteiger charge is -2.10. The molecule has 0 unspecified atom stereocenters. The van der Waals surface area contributed by atoms with Crippen molar-refractivity contribution in [3.8, 4) is 0 Å². The van der Waals surface area contributed by atoms with Gasteiger partial charge >= 0.3 is 0 Å². The summed E-state index contributed by atoms with van der Waals surface area (Å²) >= 11 is 1.54. The Hall–Kier alpha value is -2.55. The van der Waals surface area contributed by atoms with E-state index in [2.05, 4.69) is 15.0 Å². The van der Waals surface area contributed by atoms with Gasteiger partial charge in [0.25, 0.3) is 0 Å². The first-order valence-electron chi connectivity index (χ1n) is 9.64. The van der Waals surface area contributed by atoms with E-state index < -0.39 is 10.0 Å². The van der Waals surface area contributed by atoms with Gasteiger partial charge in [-0.2, -0.15) is 0 Å². The van der Waals surface area contributed by atoms with Crippen LogP contribution in [-0.4, -0.2) is 32.4 Å². The van der Waals surface area contributed by atoms with E-state index >= 15 is 0 Å². The fourth-order valence-corrected chi connectivity index (χ4v) is 5.16. The number of aromatic nitrogens is 1. The zero-order valence-electron chi connectivity index (χ0n) is 17.0. The second-order valence-corrected chi connectivity index (χ2v) is 9.77. The Labute approximate surface area is 181 Å². The van der Waals surface area contributed by atoms with Crippen LogP contribution in [0.5, 0.6) is 0 Å². The van der Waals surface area contributed by atoms with Crippen LogP contribution in [0.2, 0.25) is 0 Å². The number of carbonyl (C=O) groups excluding carboxylic acids is 1. The molecule has 158 valence electrons. The van der Waals surface area contributed by atoms with E-state index in [4.69, 9.17) is 0 Å². The second-order valence-electron chi connectivity index (χ2n) is 7.09. The van der Waals surface area contributed by atoms with Crippen molar-refractivity contribution in [2.75, 3.05) is 13.1 Å². The van der Waals surface area contributed by atoms with Gasteiger partial charge in [0.05, 0.1) is 22.0 Å². The lowest BCUT2D eigenvalue weighted by Crippen LogP contribution is -2.35. The Morgan fingerprint density at radius 1 is 1.07 bits per heavy atom. The highest BCUT2D eigenvalue weighted by atomic mass is 32.2. The minimum absolute atomic E-state index is 0.123. The third kappa shape index (κ3) is 6.22. The van der Waals surface area contributed by atoms with Crippen LogP contribution in [0, 0.1) is 13.8 Å². The number of nitrogens with zero attached hydrogens (tertiary/aromatic N) is 1. The van der Waals surface area contributed by atoms with Gasteiger partial charge in [-0.3, -0.25) is 4.79 Å². The molecule has 1 heterocycles. The molecule has 0 radical (unpaired) electrons. The lowest BCUT2D eigenvalue weighted by atomic mass is 10.2. The molecule has 0 aliphatic carbocycles. The maximum absolute atomic E-state index is 12.5. The molecule has 0 atom stereocenters. The van der Waals surface area contributed by atoms with Gasteiger partial charge in [0, 0.05) is 24.9 Å². The predicted octanol–water partition coefficient (Wildman–Crippen LogP) is 2.99. The summed E-state index contributed by atoms with van der Waals surface area (Å²) in [6, 6.07) is 15.4. The first-order valence-corrected chi connectivity index (χ1v) is 12.0. The summed E-state index contributed by atoms with van der Waals surface area (Å²) in [6.45, 7) is 3.94. The quantitative estimate of drug-likeness (QED) is 0.498. The maximum atomic E-state index is 12.5. The predicted molar refractivity (Wildman–Crippen MR) is 119 cm³/mol. The molecule has 1 aromatic heterocycles. The molecule has 3 aromatic rings. The van der Waals surface area contributed by atoms with Gasteiger partial charge in [0.15, 0.2) is 0 Å². The van der Waals surface area contributed by atoms with Gasteiger partial charge in [-0.1, -0.05) is 42.5 Å². The number of thiazole rings is 1. The number of nitrogens with one attached hydrogen (secondary N) is 2. The molecule has 0 fully saturated rings. The zero-order chi connectivity index (χ0) is 21.6. The van der Waals surface area contributed by atoms with Crippen LogP contribution in [0.1, 0.15) is 27.4 Å². The van der Waals surface area contributed by atoms with Crippen LogP contribution in [-0.2, 0) is 27.7 Å². The molecule has 8 heteroatoms. The average molecular weight is 444 g/mol. The summed E-state index contributed by atoms with van der Waals surface area (Å²) in [5.74, 6) is -0.183. The molecule has 0 saturated carbocycles. The summed E-state index contributed by atoms with van der Waals surface area (Å²) in [5, 5.41) is 5.59. The molecule has 30 heavy (non-hydrogen) atoms. The van der Waals surface area contributed by atoms with Gasteiger partial charge < -0.3 is 5.32 Å². The van der Waals surface area contributed by atoms with Gasteiger partial charge in [0.2, 0.25) is 15.9 Å². The molecule has 0 aliphatic heterocycles. The Kier molecular flexibility index (Phi) is 7.36. The summed E-state index contributed by atoms with van der Waals surface area (Å²) < 4.78 is 27.5. The monoisotopic (exact) mass is 443 g/mol.